The van der Waals surface area contributed by atoms with Gasteiger partial charge >= 0.3 is 6.18 Å². The molecule has 2 rings (SSSR count). The molecule has 0 N–H and O–H groups in total. The van der Waals surface area contributed by atoms with Crippen LogP contribution in [0.5, 0.6) is 0 Å². The standard InChI is InChI=1S/C16H16F4O/c17-12-8-9-14(16(18,19)20)13(10-12)15(21)11-6-4-2-1-3-5-7-11/h6,8-10H,1-5,7H2/b11-6+. The SMILES string of the molecule is O=C(/C1=C/CCCCCC1)c1cc(F)ccc1C(F)(F)F. The summed E-state index contributed by atoms with van der Waals surface area (Å²) >= 11 is 0. The van der Waals surface area contributed by atoms with Crippen molar-refractivity contribution < 1.29 is 22.4 Å². The van der Waals surface area contributed by atoms with Crippen LogP contribution in [-0.4, -0.2) is 5.78 Å². The fourth-order valence-corrected chi connectivity index (χ4v) is 2.52. The quantitative estimate of drug-likeness (QED) is 0.534. The first kappa shape index (κ1) is 15.7. The maximum atomic E-state index is 13.3. The van der Waals surface area contributed by atoms with E-state index in [1.165, 1.54) is 0 Å². The molecule has 0 atom stereocenters. The molecular formula is C16H16F4O. The zero-order chi connectivity index (χ0) is 15.5. The van der Waals surface area contributed by atoms with Gasteiger partial charge in [0, 0.05) is 5.56 Å². The van der Waals surface area contributed by atoms with Crippen LogP contribution in [0, 0.1) is 5.82 Å². The Morgan fingerprint density at radius 1 is 1.05 bits per heavy atom. The van der Waals surface area contributed by atoms with Crippen molar-refractivity contribution in [1.82, 2.24) is 0 Å². The number of allylic oxidation sites excluding steroid dienone is 2. The smallest absolute Gasteiger partial charge is 0.289 e. The van der Waals surface area contributed by atoms with Gasteiger partial charge in [0.15, 0.2) is 5.78 Å². The number of alkyl halides is 3. The summed E-state index contributed by atoms with van der Waals surface area (Å²) in [5.74, 6) is -1.54. The molecule has 1 aliphatic carbocycles. The van der Waals surface area contributed by atoms with E-state index in [-0.39, 0.29) is 0 Å². The summed E-state index contributed by atoms with van der Waals surface area (Å²) in [6.45, 7) is 0. The Morgan fingerprint density at radius 3 is 2.48 bits per heavy atom. The molecule has 1 aliphatic rings. The van der Waals surface area contributed by atoms with Crippen LogP contribution in [0.2, 0.25) is 0 Å². The van der Waals surface area contributed by atoms with Gasteiger partial charge in [0.2, 0.25) is 0 Å². The lowest BCUT2D eigenvalue weighted by molar-refractivity contribution is -0.137. The molecule has 0 fully saturated rings. The highest BCUT2D eigenvalue weighted by Gasteiger charge is 2.35. The van der Waals surface area contributed by atoms with Crippen LogP contribution in [0.3, 0.4) is 0 Å². The van der Waals surface area contributed by atoms with Gasteiger partial charge in [-0.2, -0.15) is 13.2 Å². The van der Waals surface area contributed by atoms with Crippen molar-refractivity contribution in [2.45, 2.75) is 44.7 Å². The lowest BCUT2D eigenvalue weighted by Gasteiger charge is -2.15. The Labute approximate surface area is 120 Å². The molecule has 0 radical (unpaired) electrons. The first-order valence-corrected chi connectivity index (χ1v) is 7.00. The average molecular weight is 300 g/mol. The first-order valence-electron chi connectivity index (χ1n) is 7.00. The van der Waals surface area contributed by atoms with E-state index in [4.69, 9.17) is 0 Å². The van der Waals surface area contributed by atoms with E-state index in [1.54, 1.807) is 6.08 Å². The highest BCUT2D eigenvalue weighted by Crippen LogP contribution is 2.34. The predicted octanol–water partition coefficient (Wildman–Crippen LogP) is 5.31. The van der Waals surface area contributed by atoms with E-state index < -0.39 is 28.9 Å². The van der Waals surface area contributed by atoms with Gasteiger partial charge in [0.05, 0.1) is 5.56 Å². The van der Waals surface area contributed by atoms with E-state index in [0.29, 0.717) is 30.5 Å². The predicted molar refractivity (Wildman–Crippen MR) is 71.5 cm³/mol. The second kappa shape index (κ2) is 6.41. The van der Waals surface area contributed by atoms with E-state index >= 15 is 0 Å². The molecule has 1 nitrogen and oxygen atoms in total. The number of benzene rings is 1. The Bertz CT molecular complexity index is 558. The van der Waals surface area contributed by atoms with Crippen LogP contribution in [0.15, 0.2) is 29.8 Å². The lowest BCUT2D eigenvalue weighted by atomic mass is 9.91. The van der Waals surface area contributed by atoms with Gasteiger partial charge in [-0.3, -0.25) is 4.79 Å². The van der Waals surface area contributed by atoms with Crippen molar-refractivity contribution in [3.8, 4) is 0 Å². The molecule has 1 aromatic rings. The Kier molecular flexibility index (Phi) is 4.80. The molecule has 0 unspecified atom stereocenters. The molecule has 0 aromatic heterocycles. The molecule has 1 aromatic carbocycles. The van der Waals surface area contributed by atoms with Gasteiger partial charge in [-0.15, -0.1) is 0 Å². The molecule has 0 bridgehead atoms. The summed E-state index contributed by atoms with van der Waals surface area (Å²) < 4.78 is 52.1. The van der Waals surface area contributed by atoms with Crippen LogP contribution in [0.25, 0.3) is 0 Å². The number of hydrogen-bond donors (Lipinski definition) is 0. The van der Waals surface area contributed by atoms with E-state index in [1.807, 2.05) is 0 Å². The monoisotopic (exact) mass is 300 g/mol. The third-order valence-electron chi connectivity index (χ3n) is 3.61. The maximum absolute atomic E-state index is 13.3. The largest absolute Gasteiger partial charge is 0.417 e. The van der Waals surface area contributed by atoms with E-state index in [2.05, 4.69) is 0 Å². The summed E-state index contributed by atoms with van der Waals surface area (Å²) in [6, 6.07) is 2.04. The number of ketones is 1. The molecule has 21 heavy (non-hydrogen) atoms. The molecule has 5 heteroatoms. The number of halogens is 4. The second-order valence-corrected chi connectivity index (χ2v) is 5.20. The van der Waals surface area contributed by atoms with Crippen LogP contribution in [-0.2, 0) is 6.18 Å². The van der Waals surface area contributed by atoms with Crippen LogP contribution in [0.1, 0.15) is 54.4 Å². The van der Waals surface area contributed by atoms with Gasteiger partial charge < -0.3 is 0 Å². The zero-order valence-corrected chi connectivity index (χ0v) is 11.5. The van der Waals surface area contributed by atoms with Crippen molar-refractivity contribution in [2.24, 2.45) is 0 Å². The number of carbonyl (C=O) groups excluding carboxylic acids is 1. The summed E-state index contributed by atoms with van der Waals surface area (Å²) in [6.07, 6.45) is 1.88. The van der Waals surface area contributed by atoms with Crippen molar-refractivity contribution in [2.75, 3.05) is 0 Å². The molecule has 0 aliphatic heterocycles. The summed E-state index contributed by atoms with van der Waals surface area (Å²) in [5, 5.41) is 0. The van der Waals surface area contributed by atoms with E-state index in [0.717, 1.165) is 31.7 Å². The topological polar surface area (TPSA) is 17.1 Å². The Hall–Kier alpha value is -1.65. The van der Waals surface area contributed by atoms with Gasteiger partial charge in [-0.25, -0.2) is 4.39 Å². The number of rotatable bonds is 2. The van der Waals surface area contributed by atoms with Crippen molar-refractivity contribution in [3.63, 3.8) is 0 Å². The van der Waals surface area contributed by atoms with E-state index in [9.17, 15) is 22.4 Å². The van der Waals surface area contributed by atoms with Crippen LogP contribution >= 0.6 is 0 Å². The summed E-state index contributed by atoms with van der Waals surface area (Å²) in [5.41, 5.74) is -1.29. The first-order chi connectivity index (χ1) is 9.89. The molecule has 0 saturated carbocycles. The van der Waals surface area contributed by atoms with Crippen molar-refractivity contribution >= 4 is 5.78 Å². The summed E-state index contributed by atoms with van der Waals surface area (Å²) in [7, 11) is 0. The molecular weight excluding hydrogens is 284 g/mol. The normalized spacial score (nSPS) is 19.3. The minimum Gasteiger partial charge on any atom is -0.289 e. The minimum atomic E-state index is -4.67. The highest BCUT2D eigenvalue weighted by atomic mass is 19.4. The van der Waals surface area contributed by atoms with Gasteiger partial charge in [0.25, 0.3) is 0 Å². The number of hydrogen-bond acceptors (Lipinski definition) is 1. The van der Waals surface area contributed by atoms with Gasteiger partial charge in [-0.1, -0.05) is 18.9 Å². The zero-order valence-electron chi connectivity index (χ0n) is 11.5. The third kappa shape index (κ3) is 3.93. The molecule has 0 saturated heterocycles. The molecule has 0 spiro atoms. The van der Waals surface area contributed by atoms with Crippen molar-refractivity contribution in [1.29, 1.82) is 0 Å². The molecule has 0 amide bonds. The fraction of sp³-hybridized carbons (Fsp3) is 0.438. The Morgan fingerprint density at radius 2 is 1.76 bits per heavy atom. The van der Waals surface area contributed by atoms with Crippen LogP contribution in [0.4, 0.5) is 17.6 Å². The second-order valence-electron chi connectivity index (χ2n) is 5.20. The highest BCUT2D eigenvalue weighted by molar-refractivity contribution is 6.09. The number of carbonyl (C=O) groups is 1. The fourth-order valence-electron chi connectivity index (χ4n) is 2.52. The maximum Gasteiger partial charge on any atom is 0.417 e. The van der Waals surface area contributed by atoms with Crippen molar-refractivity contribution in [3.05, 3.63) is 46.8 Å². The lowest BCUT2D eigenvalue weighted by Crippen LogP contribution is -2.15. The third-order valence-corrected chi connectivity index (χ3v) is 3.61. The molecule has 0 heterocycles. The Balaban J connectivity index is 2.40. The summed E-state index contributed by atoms with van der Waals surface area (Å²) in [4.78, 5) is 12.3. The number of Topliss-reactive ketones (excluding diaryl/α,β-unsaturated/α-hetero) is 1. The van der Waals surface area contributed by atoms with Gasteiger partial charge in [-0.05, 0) is 49.5 Å². The molecule has 114 valence electrons. The van der Waals surface area contributed by atoms with Gasteiger partial charge in [0.1, 0.15) is 5.82 Å². The van der Waals surface area contributed by atoms with Crippen LogP contribution < -0.4 is 0 Å². The minimum absolute atomic E-state index is 0.366. The average Bonchev–Trinajstić information content (AvgIpc) is 2.36.